The molecule has 37 heavy (non-hydrogen) atoms. The maximum absolute atomic E-state index is 13.2. The predicted octanol–water partition coefficient (Wildman–Crippen LogP) is 3.66. The Labute approximate surface area is 224 Å². The Morgan fingerprint density at radius 1 is 1.19 bits per heavy atom. The van der Waals surface area contributed by atoms with E-state index in [4.69, 9.17) is 14.2 Å². The van der Waals surface area contributed by atoms with Crippen molar-refractivity contribution < 1.29 is 28.6 Å². The van der Waals surface area contributed by atoms with Gasteiger partial charge in [0.15, 0.2) is 0 Å². The van der Waals surface area contributed by atoms with Crippen molar-refractivity contribution in [2.24, 2.45) is 11.8 Å². The summed E-state index contributed by atoms with van der Waals surface area (Å²) in [6, 6.07) is 5.94. The quantitative estimate of drug-likeness (QED) is 0.384. The number of esters is 1. The van der Waals surface area contributed by atoms with Crippen LogP contribution in [-0.4, -0.2) is 85.1 Å². The van der Waals surface area contributed by atoms with Gasteiger partial charge in [0, 0.05) is 37.7 Å². The zero-order valence-corrected chi connectivity index (χ0v) is 23.0. The third-order valence-electron chi connectivity index (χ3n) is 7.72. The largest absolute Gasteiger partial charge is 0.427 e. The molecule has 1 aliphatic carbocycles. The van der Waals surface area contributed by atoms with E-state index in [0.717, 1.165) is 22.1 Å². The smallest absolute Gasteiger partial charge is 0.422 e. The maximum Gasteiger partial charge on any atom is 0.422 e. The summed E-state index contributed by atoms with van der Waals surface area (Å²) < 4.78 is 17.8. The minimum absolute atomic E-state index is 0.0941. The van der Waals surface area contributed by atoms with Crippen molar-refractivity contribution >= 4 is 50.4 Å². The molecule has 0 bridgehead atoms. The van der Waals surface area contributed by atoms with E-state index < -0.39 is 18.9 Å². The van der Waals surface area contributed by atoms with Gasteiger partial charge in [-0.25, -0.2) is 9.36 Å². The molecule has 9 nitrogen and oxygen atoms in total. The molecule has 5 rings (SSSR count). The van der Waals surface area contributed by atoms with E-state index in [9.17, 15) is 14.4 Å². The lowest BCUT2D eigenvalue weighted by atomic mass is 9.79. The number of halogens is 1. The van der Waals surface area contributed by atoms with Crippen LogP contribution in [0.3, 0.4) is 0 Å². The normalized spacial score (nSPS) is 22.9. The lowest BCUT2D eigenvalue weighted by Gasteiger charge is -2.40. The number of fused-ring (bicyclic) bond motifs is 2. The number of hydrogen-bond acceptors (Lipinski definition) is 7. The molecule has 0 radical (unpaired) electrons. The first-order valence-corrected chi connectivity index (χ1v) is 13.6. The number of carbonyl (C=O) groups excluding carboxylic acids is 3. The highest BCUT2D eigenvalue weighted by molar-refractivity contribution is 9.10. The number of hydrogen-bond donors (Lipinski definition) is 0. The highest BCUT2D eigenvalue weighted by Gasteiger charge is 2.38. The average molecular weight is 574 g/mol. The molecular formula is C27H32BrN3O6. The third kappa shape index (κ3) is 4.59. The van der Waals surface area contributed by atoms with Crippen molar-refractivity contribution in [1.29, 1.82) is 0 Å². The minimum atomic E-state index is -0.627. The highest BCUT2D eigenvalue weighted by Crippen LogP contribution is 2.45. The first-order valence-electron chi connectivity index (χ1n) is 12.8. The molecule has 3 atom stereocenters. The van der Waals surface area contributed by atoms with E-state index in [1.807, 2.05) is 37.9 Å². The lowest BCUT2D eigenvalue weighted by molar-refractivity contribution is -0.156. The molecule has 1 fully saturated rings. The van der Waals surface area contributed by atoms with Gasteiger partial charge in [0.2, 0.25) is 12.7 Å². The van der Waals surface area contributed by atoms with Crippen LogP contribution in [0.15, 0.2) is 28.9 Å². The topological polar surface area (TPSA) is 90.3 Å². The Kier molecular flexibility index (Phi) is 7.42. The number of amides is 1. The van der Waals surface area contributed by atoms with Crippen LogP contribution in [0.1, 0.15) is 31.4 Å². The molecule has 1 aromatic heterocycles. The van der Waals surface area contributed by atoms with Crippen LogP contribution in [0.4, 0.5) is 4.79 Å². The molecule has 1 aromatic carbocycles. The second-order valence-corrected chi connectivity index (χ2v) is 10.5. The zero-order chi connectivity index (χ0) is 26.3. The van der Waals surface area contributed by atoms with Gasteiger partial charge in [-0.1, -0.05) is 18.2 Å². The van der Waals surface area contributed by atoms with Crippen LogP contribution in [0.25, 0.3) is 16.5 Å². The number of benzene rings is 1. The number of aromatic nitrogens is 1. The van der Waals surface area contributed by atoms with Crippen LogP contribution >= 0.6 is 15.9 Å². The van der Waals surface area contributed by atoms with Gasteiger partial charge in [-0.15, -0.1) is 0 Å². The van der Waals surface area contributed by atoms with E-state index in [1.165, 1.54) is 4.57 Å². The van der Waals surface area contributed by atoms with Crippen LogP contribution in [0, 0.1) is 11.8 Å². The second kappa shape index (κ2) is 10.6. The maximum atomic E-state index is 13.2. The molecule has 10 heteroatoms. The number of ether oxygens (including phenoxy) is 3. The summed E-state index contributed by atoms with van der Waals surface area (Å²) in [5, 5.41) is 0.971. The van der Waals surface area contributed by atoms with E-state index in [2.05, 4.69) is 33.0 Å². The molecule has 2 aromatic rings. The summed E-state index contributed by atoms with van der Waals surface area (Å²) >= 11 is 3.65. The molecular weight excluding hydrogens is 542 g/mol. The molecule has 3 aliphatic rings. The molecule has 0 spiro atoms. The number of likely N-dealkylation sites (N-methyl/N-ethyl adjacent to an activating group) is 1. The van der Waals surface area contributed by atoms with Gasteiger partial charge in [-0.05, 0) is 72.4 Å². The third-order valence-corrected chi connectivity index (χ3v) is 8.55. The standard InChI is InChI=1S/C27H32BrN3O6/c1-4-30(5-2)25(32)17-11-19-18-7-6-8-21-23(18)20(12-22(19)29(3)13-17)24(28)31(21)27(34)37-15-36-26(33)16-9-10-35-14-16/h6-8,11,16-17,22H,4-5,9-10,12-15H2,1-3H3/t16-,17+,22+/m0/s1. The monoisotopic (exact) mass is 573 g/mol. The molecule has 1 saturated heterocycles. The highest BCUT2D eigenvalue weighted by atomic mass is 79.9. The van der Waals surface area contributed by atoms with Crippen molar-refractivity contribution in [3.05, 3.63) is 40.0 Å². The molecule has 0 N–H and O–H groups in total. The lowest BCUT2D eigenvalue weighted by Crippen LogP contribution is -2.47. The summed E-state index contributed by atoms with van der Waals surface area (Å²) in [5.74, 6) is -0.812. The van der Waals surface area contributed by atoms with Gasteiger partial charge >= 0.3 is 12.1 Å². The number of carbonyl (C=O) groups is 3. The van der Waals surface area contributed by atoms with E-state index in [-0.39, 0.29) is 23.8 Å². The fourth-order valence-electron chi connectivity index (χ4n) is 5.74. The Morgan fingerprint density at radius 3 is 2.68 bits per heavy atom. The number of rotatable bonds is 6. The van der Waals surface area contributed by atoms with E-state index >= 15 is 0 Å². The zero-order valence-electron chi connectivity index (χ0n) is 21.4. The summed E-state index contributed by atoms with van der Waals surface area (Å²) in [4.78, 5) is 42.5. The minimum Gasteiger partial charge on any atom is -0.427 e. The first kappa shape index (κ1) is 25.9. The molecule has 3 heterocycles. The Morgan fingerprint density at radius 2 is 1.97 bits per heavy atom. The van der Waals surface area contributed by atoms with Crippen molar-refractivity contribution in [3.8, 4) is 0 Å². The molecule has 198 valence electrons. The summed E-state index contributed by atoms with van der Waals surface area (Å²) in [6.07, 6.45) is 2.80. The van der Waals surface area contributed by atoms with Gasteiger partial charge in [0.25, 0.3) is 0 Å². The van der Waals surface area contributed by atoms with Crippen molar-refractivity contribution in [2.75, 3.05) is 46.7 Å². The van der Waals surface area contributed by atoms with E-state index in [0.29, 0.717) is 55.8 Å². The van der Waals surface area contributed by atoms with Crippen molar-refractivity contribution in [1.82, 2.24) is 14.4 Å². The molecule has 2 aliphatic heterocycles. The average Bonchev–Trinajstić information content (AvgIpc) is 3.53. The summed E-state index contributed by atoms with van der Waals surface area (Å²) in [5.41, 5.74) is 3.86. The van der Waals surface area contributed by atoms with Crippen LogP contribution in [0.5, 0.6) is 0 Å². The van der Waals surface area contributed by atoms with Gasteiger partial charge in [-0.2, -0.15) is 0 Å². The predicted molar refractivity (Wildman–Crippen MR) is 141 cm³/mol. The van der Waals surface area contributed by atoms with Crippen LogP contribution in [-0.2, 0) is 30.2 Å². The SMILES string of the molecule is CCN(CC)C(=O)[C@@H]1C=C2c3cccc4c3c(c(Br)n4C(=O)OCOC(=O)[C@H]3CCOC3)C[C@H]2N(C)C1. The van der Waals surface area contributed by atoms with Crippen molar-refractivity contribution in [3.63, 3.8) is 0 Å². The van der Waals surface area contributed by atoms with Gasteiger partial charge < -0.3 is 19.1 Å². The second-order valence-electron chi connectivity index (χ2n) is 9.75. The van der Waals surface area contributed by atoms with Gasteiger partial charge in [0.1, 0.15) is 0 Å². The molecule has 1 amide bonds. The van der Waals surface area contributed by atoms with Gasteiger partial charge in [0.05, 0.1) is 28.6 Å². The van der Waals surface area contributed by atoms with E-state index in [1.54, 1.807) is 0 Å². The fraction of sp³-hybridized carbons (Fsp3) is 0.519. The van der Waals surface area contributed by atoms with Crippen LogP contribution < -0.4 is 0 Å². The fourth-order valence-corrected chi connectivity index (χ4v) is 6.43. The summed E-state index contributed by atoms with van der Waals surface area (Å²) in [7, 11) is 2.05. The Balaban J connectivity index is 1.44. The van der Waals surface area contributed by atoms with Crippen LogP contribution in [0.2, 0.25) is 0 Å². The van der Waals surface area contributed by atoms with Crippen molar-refractivity contribution in [2.45, 2.75) is 32.7 Å². The molecule has 0 unspecified atom stereocenters. The number of nitrogens with zero attached hydrogens (tertiary/aromatic N) is 3. The Hall–Kier alpha value is -2.69. The molecule has 0 saturated carbocycles. The summed E-state index contributed by atoms with van der Waals surface area (Å²) in [6.45, 7) is 6.42. The first-order chi connectivity index (χ1) is 17.8. The Bertz CT molecular complexity index is 1260. The van der Waals surface area contributed by atoms with Gasteiger partial charge in [-0.3, -0.25) is 14.5 Å².